The van der Waals surface area contributed by atoms with Crippen LogP contribution >= 0.6 is 0 Å². The van der Waals surface area contributed by atoms with Gasteiger partial charge in [-0.25, -0.2) is 9.97 Å². The number of rotatable bonds is 5. The van der Waals surface area contributed by atoms with Gasteiger partial charge in [-0.05, 0) is 26.8 Å². The molecule has 0 aliphatic carbocycles. The first-order valence-electron chi connectivity index (χ1n) is 8.44. The molecular formula is C17H24N4O6S. The van der Waals surface area contributed by atoms with Crippen LogP contribution in [-0.2, 0) is 28.3 Å². The van der Waals surface area contributed by atoms with Gasteiger partial charge in [0.05, 0.1) is 23.2 Å². The molecule has 5 N–H and O–H groups in total. The smallest absolute Gasteiger partial charge is 0.389 e. The predicted octanol–water partition coefficient (Wildman–Crippen LogP) is 1.82. The van der Waals surface area contributed by atoms with Crippen LogP contribution in [0.4, 0.5) is 5.82 Å². The molecule has 0 radical (unpaired) electrons. The summed E-state index contributed by atoms with van der Waals surface area (Å²) in [4.78, 5) is 9.06. The second-order valence-corrected chi connectivity index (χ2v) is 7.62. The molecule has 0 aliphatic rings. The Labute approximate surface area is 162 Å². The van der Waals surface area contributed by atoms with E-state index in [4.69, 9.17) is 28.0 Å². The van der Waals surface area contributed by atoms with Crippen LogP contribution < -0.4 is 5.73 Å². The summed E-state index contributed by atoms with van der Waals surface area (Å²) in [6, 6.07) is 7.81. The summed E-state index contributed by atoms with van der Waals surface area (Å²) in [6.07, 6.45) is 0. The third-order valence-corrected chi connectivity index (χ3v) is 3.67. The van der Waals surface area contributed by atoms with Gasteiger partial charge in [0.15, 0.2) is 5.82 Å². The second-order valence-electron chi connectivity index (χ2n) is 6.72. The van der Waals surface area contributed by atoms with E-state index in [0.717, 1.165) is 22.2 Å². The zero-order valence-electron chi connectivity index (χ0n) is 15.8. The van der Waals surface area contributed by atoms with Crippen molar-refractivity contribution in [3.05, 3.63) is 30.1 Å². The number of ether oxygens (including phenoxy) is 1. The standard InChI is InChI=1S/C17H22N4O2.H2O4S/c1-4-23-9-13-20-14-15(21(13)10-17(2,3)22)11-7-5-6-8-12(11)19-16(14)18;1-5(2,3)4/h5-8,22H,4,9-10H2,1-3H3,(H2,18,19);(H2,1,2,3,4). The summed E-state index contributed by atoms with van der Waals surface area (Å²) < 4.78 is 39.1. The molecule has 11 heteroatoms. The van der Waals surface area contributed by atoms with Crippen LogP contribution in [0.3, 0.4) is 0 Å². The molecule has 3 aromatic rings. The summed E-state index contributed by atoms with van der Waals surface area (Å²) in [6.45, 7) is 6.86. The number of fused-ring (bicyclic) bond motifs is 3. The first kappa shape index (κ1) is 22.0. The lowest BCUT2D eigenvalue weighted by molar-refractivity contribution is 0.0582. The monoisotopic (exact) mass is 412 g/mol. The number of nitrogens with zero attached hydrogens (tertiary/aromatic N) is 3. The number of anilines is 1. The quantitative estimate of drug-likeness (QED) is 0.458. The largest absolute Gasteiger partial charge is 0.394 e. The van der Waals surface area contributed by atoms with Crippen molar-refractivity contribution in [3.63, 3.8) is 0 Å². The maximum atomic E-state index is 10.3. The maximum absolute atomic E-state index is 10.3. The average Bonchev–Trinajstić information content (AvgIpc) is 2.89. The van der Waals surface area contributed by atoms with Gasteiger partial charge in [-0.2, -0.15) is 8.42 Å². The lowest BCUT2D eigenvalue weighted by Gasteiger charge is -2.20. The predicted molar refractivity (Wildman–Crippen MR) is 105 cm³/mol. The van der Waals surface area contributed by atoms with Gasteiger partial charge < -0.3 is 20.1 Å². The minimum absolute atomic E-state index is 0.370. The molecule has 0 unspecified atom stereocenters. The van der Waals surface area contributed by atoms with Gasteiger partial charge in [-0.1, -0.05) is 18.2 Å². The molecule has 10 nitrogen and oxygen atoms in total. The normalized spacial score (nSPS) is 12.2. The number of nitrogen functional groups attached to an aromatic ring is 1. The van der Waals surface area contributed by atoms with Crippen LogP contribution in [0.2, 0.25) is 0 Å². The fraction of sp³-hybridized carbons (Fsp3) is 0.412. The molecule has 0 atom stereocenters. The highest BCUT2D eigenvalue weighted by Gasteiger charge is 2.22. The Morgan fingerprint density at radius 2 is 1.82 bits per heavy atom. The van der Waals surface area contributed by atoms with Crippen molar-refractivity contribution in [1.29, 1.82) is 0 Å². The third-order valence-electron chi connectivity index (χ3n) is 3.67. The summed E-state index contributed by atoms with van der Waals surface area (Å²) >= 11 is 0. The Hall–Kier alpha value is -2.31. The Balaban J connectivity index is 0.000000500. The van der Waals surface area contributed by atoms with Crippen LogP contribution in [-0.4, -0.2) is 49.4 Å². The van der Waals surface area contributed by atoms with Gasteiger partial charge in [0.25, 0.3) is 0 Å². The molecule has 3 rings (SSSR count). The topological polar surface area (TPSA) is 161 Å². The van der Waals surface area contributed by atoms with Gasteiger partial charge in [-0.3, -0.25) is 9.11 Å². The average molecular weight is 412 g/mol. The van der Waals surface area contributed by atoms with E-state index < -0.39 is 16.0 Å². The van der Waals surface area contributed by atoms with Crippen molar-refractivity contribution in [2.45, 2.75) is 39.5 Å². The van der Waals surface area contributed by atoms with Crippen LogP contribution in [0, 0.1) is 0 Å². The SMILES string of the molecule is CCOCc1nc2c(N)nc3ccccc3c2n1CC(C)(C)O.O=S(=O)(O)O. The van der Waals surface area contributed by atoms with Crippen molar-refractivity contribution in [2.75, 3.05) is 12.3 Å². The first-order chi connectivity index (χ1) is 12.9. The highest BCUT2D eigenvalue weighted by molar-refractivity contribution is 7.79. The van der Waals surface area contributed by atoms with E-state index in [1.165, 1.54) is 0 Å². The number of aromatic nitrogens is 3. The molecular weight excluding hydrogens is 388 g/mol. The lowest BCUT2D eigenvalue weighted by Crippen LogP contribution is -2.27. The summed E-state index contributed by atoms with van der Waals surface area (Å²) in [5.41, 5.74) is 7.59. The van der Waals surface area contributed by atoms with E-state index in [9.17, 15) is 5.11 Å². The minimum Gasteiger partial charge on any atom is -0.389 e. The van der Waals surface area contributed by atoms with Crippen molar-refractivity contribution in [2.24, 2.45) is 0 Å². The van der Waals surface area contributed by atoms with E-state index in [1.807, 2.05) is 35.8 Å². The highest BCUT2D eigenvalue weighted by atomic mass is 32.3. The summed E-state index contributed by atoms with van der Waals surface area (Å²) in [5.74, 6) is 1.14. The van der Waals surface area contributed by atoms with E-state index in [2.05, 4.69) is 9.97 Å². The Kier molecular flexibility index (Phi) is 6.57. The molecule has 0 spiro atoms. The van der Waals surface area contributed by atoms with Crippen LogP contribution in [0.25, 0.3) is 21.9 Å². The number of hydrogen-bond acceptors (Lipinski definition) is 7. The molecule has 28 heavy (non-hydrogen) atoms. The number of nitrogens with two attached hydrogens (primary N) is 1. The van der Waals surface area contributed by atoms with Crippen molar-refractivity contribution in [1.82, 2.24) is 14.5 Å². The van der Waals surface area contributed by atoms with E-state index in [-0.39, 0.29) is 0 Å². The molecule has 1 aromatic carbocycles. The molecule has 0 aliphatic heterocycles. The second kappa shape index (κ2) is 8.37. The Bertz CT molecular complexity index is 1060. The van der Waals surface area contributed by atoms with Gasteiger partial charge in [0.1, 0.15) is 17.9 Å². The van der Waals surface area contributed by atoms with Crippen molar-refractivity contribution >= 4 is 38.2 Å². The van der Waals surface area contributed by atoms with Crippen LogP contribution in [0.5, 0.6) is 0 Å². The molecule has 0 saturated carbocycles. The van der Waals surface area contributed by atoms with Crippen molar-refractivity contribution in [3.8, 4) is 0 Å². The summed E-state index contributed by atoms with van der Waals surface area (Å²) in [7, 11) is -4.67. The number of hydrogen-bond donors (Lipinski definition) is 4. The third kappa shape index (κ3) is 5.84. The molecule has 2 heterocycles. The maximum Gasteiger partial charge on any atom is 0.394 e. The number of imidazole rings is 1. The van der Waals surface area contributed by atoms with Gasteiger partial charge in [0, 0.05) is 12.0 Å². The molecule has 0 fully saturated rings. The minimum atomic E-state index is -4.67. The van der Waals surface area contributed by atoms with Crippen molar-refractivity contribution < 1.29 is 27.4 Å². The lowest BCUT2D eigenvalue weighted by atomic mass is 10.1. The van der Waals surface area contributed by atoms with Gasteiger partial charge in [-0.15, -0.1) is 0 Å². The van der Waals surface area contributed by atoms with E-state index in [1.54, 1.807) is 13.8 Å². The number of aliphatic hydroxyl groups is 1. The van der Waals surface area contributed by atoms with Gasteiger partial charge in [0.2, 0.25) is 0 Å². The van der Waals surface area contributed by atoms with E-state index in [0.29, 0.717) is 31.1 Å². The molecule has 154 valence electrons. The Morgan fingerprint density at radius 3 is 2.39 bits per heavy atom. The fourth-order valence-electron chi connectivity index (χ4n) is 2.77. The first-order valence-corrected chi connectivity index (χ1v) is 9.83. The number of benzene rings is 1. The molecule has 2 aromatic heterocycles. The van der Waals surface area contributed by atoms with Crippen LogP contribution in [0.15, 0.2) is 24.3 Å². The molecule has 0 saturated heterocycles. The van der Waals surface area contributed by atoms with Crippen LogP contribution in [0.1, 0.15) is 26.6 Å². The zero-order valence-corrected chi connectivity index (χ0v) is 16.6. The van der Waals surface area contributed by atoms with Gasteiger partial charge >= 0.3 is 10.4 Å². The Morgan fingerprint density at radius 1 is 1.21 bits per heavy atom. The number of para-hydroxylation sites is 1. The molecule has 0 bridgehead atoms. The molecule has 0 amide bonds. The summed E-state index contributed by atoms with van der Waals surface area (Å²) in [5, 5.41) is 11.3. The highest BCUT2D eigenvalue weighted by Crippen LogP contribution is 2.30. The zero-order chi connectivity index (χ0) is 21.1. The van der Waals surface area contributed by atoms with E-state index >= 15 is 0 Å². The fourth-order valence-corrected chi connectivity index (χ4v) is 2.77. The number of pyridine rings is 1.